The van der Waals surface area contributed by atoms with Crippen LogP contribution in [0.25, 0.3) is 11.4 Å². The second-order valence-electron chi connectivity index (χ2n) is 6.10. The summed E-state index contributed by atoms with van der Waals surface area (Å²) in [6.07, 6.45) is 0.653. The summed E-state index contributed by atoms with van der Waals surface area (Å²) in [7, 11) is 0. The van der Waals surface area contributed by atoms with Crippen LogP contribution in [0.4, 0.5) is 4.79 Å². The minimum absolute atomic E-state index is 0.00174. The Bertz CT molecular complexity index is 801. The summed E-state index contributed by atoms with van der Waals surface area (Å²) in [5.74, 6) is 0.597. The predicted octanol–water partition coefficient (Wildman–Crippen LogP) is 5.78. The third-order valence-electron chi connectivity index (χ3n) is 3.96. The molecule has 0 aliphatic rings. The highest BCUT2D eigenvalue weighted by Gasteiger charge is 2.19. The smallest absolute Gasteiger partial charge is 0.287 e. The number of rotatable bonds is 6. The van der Waals surface area contributed by atoms with E-state index in [9.17, 15) is 4.79 Å². The summed E-state index contributed by atoms with van der Waals surface area (Å²) in [6, 6.07) is 7.39. The van der Waals surface area contributed by atoms with Gasteiger partial charge in [0.1, 0.15) is 5.03 Å². The number of allylic oxidation sites excluding steroid dienone is 1. The van der Waals surface area contributed by atoms with Crippen molar-refractivity contribution in [1.82, 2.24) is 14.9 Å². The van der Waals surface area contributed by atoms with Crippen molar-refractivity contribution in [2.24, 2.45) is 0 Å². The van der Waals surface area contributed by atoms with E-state index in [-0.39, 0.29) is 5.24 Å². The first kappa shape index (κ1) is 20.5. The number of carbonyl (C=O) groups is 1. The SMILES string of the molecule is C=C(C)Cc1c(C)nc(-c2ccc(Cl)cc2)nc1SC(=O)N(CC)CC. The molecule has 0 aliphatic carbocycles. The second-order valence-corrected chi connectivity index (χ2v) is 7.47. The van der Waals surface area contributed by atoms with Crippen LogP contribution in [0, 0.1) is 6.92 Å². The zero-order valence-corrected chi connectivity index (χ0v) is 17.2. The van der Waals surface area contributed by atoms with E-state index in [1.54, 1.807) is 4.90 Å². The average Bonchev–Trinajstić information content (AvgIpc) is 2.59. The van der Waals surface area contributed by atoms with Gasteiger partial charge >= 0.3 is 0 Å². The standard InChI is InChI=1S/C20H24ClN3OS/c1-6-24(7-2)20(25)26-19-17(12-13(3)4)14(5)22-18(23-19)15-8-10-16(21)11-9-15/h8-11H,3,6-7,12H2,1-2,4-5H3. The number of hydrogen-bond acceptors (Lipinski definition) is 4. The normalized spacial score (nSPS) is 10.7. The van der Waals surface area contributed by atoms with Crippen molar-refractivity contribution in [1.29, 1.82) is 0 Å². The number of halogens is 1. The van der Waals surface area contributed by atoms with Crippen LogP contribution in [0.15, 0.2) is 41.4 Å². The first-order chi connectivity index (χ1) is 12.3. The Morgan fingerprint density at radius 1 is 1.19 bits per heavy atom. The third-order valence-corrected chi connectivity index (χ3v) is 5.18. The van der Waals surface area contributed by atoms with Crippen molar-refractivity contribution < 1.29 is 4.79 Å². The van der Waals surface area contributed by atoms with Crippen LogP contribution < -0.4 is 0 Å². The van der Waals surface area contributed by atoms with Gasteiger partial charge in [-0.2, -0.15) is 0 Å². The Kier molecular flexibility index (Phi) is 7.23. The van der Waals surface area contributed by atoms with Crippen molar-refractivity contribution in [2.45, 2.75) is 39.1 Å². The van der Waals surface area contributed by atoms with Crippen molar-refractivity contribution >= 4 is 28.6 Å². The van der Waals surface area contributed by atoms with Gasteiger partial charge in [0.05, 0.1) is 0 Å². The van der Waals surface area contributed by atoms with Gasteiger partial charge in [0.15, 0.2) is 5.82 Å². The molecule has 6 heteroatoms. The number of benzene rings is 1. The van der Waals surface area contributed by atoms with Crippen molar-refractivity contribution in [3.05, 3.63) is 52.7 Å². The molecule has 1 aromatic carbocycles. The Hall–Kier alpha value is -1.85. The molecule has 1 aromatic heterocycles. The molecule has 0 aliphatic heterocycles. The fourth-order valence-corrected chi connectivity index (χ4v) is 3.67. The van der Waals surface area contributed by atoms with Crippen LogP contribution in [-0.2, 0) is 6.42 Å². The lowest BCUT2D eigenvalue weighted by molar-refractivity contribution is 0.228. The van der Waals surface area contributed by atoms with E-state index >= 15 is 0 Å². The van der Waals surface area contributed by atoms with Gasteiger partial charge < -0.3 is 4.90 Å². The molecule has 138 valence electrons. The summed E-state index contributed by atoms with van der Waals surface area (Å²) in [4.78, 5) is 23.7. The molecule has 26 heavy (non-hydrogen) atoms. The lowest BCUT2D eigenvalue weighted by Crippen LogP contribution is -2.27. The molecule has 0 radical (unpaired) electrons. The number of hydrogen-bond donors (Lipinski definition) is 0. The van der Waals surface area contributed by atoms with Crippen LogP contribution in [0.1, 0.15) is 32.0 Å². The topological polar surface area (TPSA) is 46.1 Å². The number of aromatic nitrogens is 2. The van der Waals surface area contributed by atoms with Crippen LogP contribution >= 0.6 is 23.4 Å². The number of amides is 1. The summed E-state index contributed by atoms with van der Waals surface area (Å²) < 4.78 is 0. The van der Waals surface area contributed by atoms with Crippen molar-refractivity contribution in [3.63, 3.8) is 0 Å². The minimum Gasteiger partial charge on any atom is -0.334 e. The van der Waals surface area contributed by atoms with E-state index in [0.29, 0.717) is 35.4 Å². The van der Waals surface area contributed by atoms with Gasteiger partial charge in [0.2, 0.25) is 0 Å². The fourth-order valence-electron chi connectivity index (χ4n) is 2.52. The second kappa shape index (κ2) is 9.19. The van der Waals surface area contributed by atoms with Gasteiger partial charge in [0, 0.05) is 34.9 Å². The number of carbonyl (C=O) groups excluding carboxylic acids is 1. The van der Waals surface area contributed by atoms with E-state index < -0.39 is 0 Å². The molecule has 4 nitrogen and oxygen atoms in total. The molecule has 2 rings (SSSR count). The molecule has 1 heterocycles. The molecule has 0 N–H and O–H groups in total. The monoisotopic (exact) mass is 389 g/mol. The Labute approximate surface area is 164 Å². The van der Waals surface area contributed by atoms with Crippen LogP contribution in [0.2, 0.25) is 5.02 Å². The first-order valence-electron chi connectivity index (χ1n) is 8.60. The molecule has 0 unspecified atom stereocenters. The summed E-state index contributed by atoms with van der Waals surface area (Å²) >= 11 is 7.14. The van der Waals surface area contributed by atoms with E-state index in [2.05, 4.69) is 11.6 Å². The molecule has 2 aromatic rings. The Balaban J connectivity index is 2.48. The summed E-state index contributed by atoms with van der Waals surface area (Å²) in [5.41, 5.74) is 3.70. The maximum absolute atomic E-state index is 12.6. The first-order valence-corrected chi connectivity index (χ1v) is 9.79. The molecule has 0 saturated heterocycles. The number of aryl methyl sites for hydroxylation is 1. The van der Waals surface area contributed by atoms with Gasteiger partial charge in [-0.05, 0) is 70.1 Å². The minimum atomic E-state index is -0.00174. The molecule has 0 fully saturated rings. The third kappa shape index (κ3) is 5.08. The van der Waals surface area contributed by atoms with Crippen LogP contribution in [0.3, 0.4) is 0 Å². The van der Waals surface area contributed by atoms with Crippen LogP contribution in [-0.4, -0.2) is 33.2 Å². The van der Waals surface area contributed by atoms with Gasteiger partial charge in [-0.1, -0.05) is 23.8 Å². The highest BCUT2D eigenvalue weighted by molar-refractivity contribution is 8.13. The van der Waals surface area contributed by atoms with Crippen molar-refractivity contribution in [2.75, 3.05) is 13.1 Å². The van der Waals surface area contributed by atoms with Crippen LogP contribution in [0.5, 0.6) is 0 Å². The summed E-state index contributed by atoms with van der Waals surface area (Å²) in [6.45, 7) is 13.2. The molecule has 1 amide bonds. The number of nitrogens with zero attached hydrogens (tertiary/aromatic N) is 3. The van der Waals surface area contributed by atoms with E-state index in [4.69, 9.17) is 16.6 Å². The zero-order chi connectivity index (χ0) is 19.3. The molecule has 0 atom stereocenters. The molecular weight excluding hydrogens is 366 g/mol. The van der Waals surface area contributed by atoms with Gasteiger partial charge in [-0.15, -0.1) is 0 Å². The zero-order valence-electron chi connectivity index (χ0n) is 15.7. The van der Waals surface area contributed by atoms with Gasteiger partial charge in [0.25, 0.3) is 5.24 Å². The van der Waals surface area contributed by atoms with Gasteiger partial charge in [-0.25, -0.2) is 9.97 Å². The Morgan fingerprint density at radius 3 is 2.35 bits per heavy atom. The number of thioether (sulfide) groups is 1. The van der Waals surface area contributed by atoms with E-state index in [1.165, 1.54) is 0 Å². The fraction of sp³-hybridized carbons (Fsp3) is 0.350. The molecular formula is C20H24ClN3OS. The summed E-state index contributed by atoms with van der Waals surface area (Å²) in [5, 5.41) is 1.36. The van der Waals surface area contributed by atoms with Gasteiger partial charge in [-0.3, -0.25) is 4.79 Å². The Morgan fingerprint density at radius 2 is 1.81 bits per heavy atom. The molecule has 0 spiro atoms. The highest BCUT2D eigenvalue weighted by atomic mass is 35.5. The lowest BCUT2D eigenvalue weighted by Gasteiger charge is -2.19. The van der Waals surface area contributed by atoms with E-state index in [1.807, 2.05) is 52.0 Å². The van der Waals surface area contributed by atoms with Crippen molar-refractivity contribution in [3.8, 4) is 11.4 Å². The molecule has 0 saturated carbocycles. The maximum atomic E-state index is 12.6. The predicted molar refractivity (Wildman–Crippen MR) is 110 cm³/mol. The lowest BCUT2D eigenvalue weighted by atomic mass is 10.1. The quantitative estimate of drug-likeness (QED) is 0.357. The van der Waals surface area contributed by atoms with E-state index in [0.717, 1.165) is 34.2 Å². The largest absolute Gasteiger partial charge is 0.334 e. The average molecular weight is 390 g/mol. The molecule has 0 bridgehead atoms. The maximum Gasteiger partial charge on any atom is 0.287 e. The highest BCUT2D eigenvalue weighted by Crippen LogP contribution is 2.30.